The molecule has 0 aliphatic heterocycles. The second kappa shape index (κ2) is 6.20. The minimum atomic E-state index is -0.154. The fourth-order valence-corrected chi connectivity index (χ4v) is 3.40. The molecule has 0 radical (unpaired) electrons. The molecule has 3 aromatic heterocycles. The van der Waals surface area contributed by atoms with Crippen LogP contribution in [0.2, 0.25) is 0 Å². The zero-order valence-corrected chi connectivity index (χ0v) is 13.7. The van der Waals surface area contributed by atoms with Gasteiger partial charge in [0.2, 0.25) is 5.95 Å². The maximum atomic E-state index is 9.62. The largest absolute Gasteiger partial charge is 0.393 e. The monoisotopic (exact) mass is 323 g/mol. The number of nitrogens with zero attached hydrogens (tertiary/aromatic N) is 4. The van der Waals surface area contributed by atoms with Gasteiger partial charge in [-0.1, -0.05) is 0 Å². The van der Waals surface area contributed by atoms with Crippen LogP contribution in [-0.2, 0) is 7.05 Å². The van der Waals surface area contributed by atoms with Crippen LogP contribution in [0.4, 0.5) is 5.95 Å². The Balaban J connectivity index is 1.62. The zero-order chi connectivity index (χ0) is 16.5. The molecule has 1 saturated carbocycles. The van der Waals surface area contributed by atoms with Crippen molar-refractivity contribution in [3.63, 3.8) is 0 Å². The van der Waals surface area contributed by atoms with E-state index >= 15 is 0 Å². The third-order valence-corrected chi connectivity index (χ3v) is 4.70. The van der Waals surface area contributed by atoms with Crippen molar-refractivity contribution in [1.82, 2.24) is 19.5 Å². The highest BCUT2D eigenvalue weighted by Gasteiger charge is 2.20. The van der Waals surface area contributed by atoms with Gasteiger partial charge in [-0.3, -0.25) is 0 Å². The molecule has 0 aromatic carbocycles. The number of aliphatic hydroxyl groups excluding tert-OH is 1. The Kier molecular flexibility index (Phi) is 3.90. The quantitative estimate of drug-likeness (QED) is 0.775. The van der Waals surface area contributed by atoms with Gasteiger partial charge >= 0.3 is 0 Å². The van der Waals surface area contributed by atoms with E-state index in [1.807, 2.05) is 23.7 Å². The lowest BCUT2D eigenvalue weighted by Gasteiger charge is -2.26. The van der Waals surface area contributed by atoms with Gasteiger partial charge in [-0.25, -0.2) is 15.0 Å². The molecule has 124 valence electrons. The van der Waals surface area contributed by atoms with Crippen LogP contribution >= 0.6 is 0 Å². The second-order valence-corrected chi connectivity index (χ2v) is 6.44. The first-order chi connectivity index (χ1) is 11.7. The van der Waals surface area contributed by atoms with Crippen LogP contribution in [0.3, 0.4) is 0 Å². The van der Waals surface area contributed by atoms with Gasteiger partial charge in [-0.15, -0.1) is 0 Å². The summed E-state index contributed by atoms with van der Waals surface area (Å²) >= 11 is 0. The fourth-order valence-electron chi connectivity index (χ4n) is 3.40. The number of aromatic nitrogens is 4. The first-order valence-electron chi connectivity index (χ1n) is 8.39. The van der Waals surface area contributed by atoms with Gasteiger partial charge in [0.1, 0.15) is 5.65 Å². The predicted molar refractivity (Wildman–Crippen MR) is 93.6 cm³/mol. The molecule has 1 aliphatic carbocycles. The normalized spacial score (nSPS) is 21.1. The topological polar surface area (TPSA) is 75.9 Å². The summed E-state index contributed by atoms with van der Waals surface area (Å²) in [4.78, 5) is 13.5. The number of fused-ring (bicyclic) bond motifs is 1. The molecule has 6 heteroatoms. The van der Waals surface area contributed by atoms with Crippen LogP contribution in [0.15, 0.2) is 36.8 Å². The molecule has 0 unspecified atom stereocenters. The first-order valence-corrected chi connectivity index (χ1v) is 8.39. The van der Waals surface area contributed by atoms with Gasteiger partial charge in [0.15, 0.2) is 0 Å². The Bertz CT molecular complexity index is 851. The van der Waals surface area contributed by atoms with Crippen LogP contribution in [0.1, 0.15) is 25.7 Å². The molecule has 3 aromatic rings. The van der Waals surface area contributed by atoms with Gasteiger partial charge in [0.05, 0.1) is 11.8 Å². The lowest BCUT2D eigenvalue weighted by atomic mass is 9.93. The molecule has 3 heterocycles. The van der Waals surface area contributed by atoms with Crippen molar-refractivity contribution in [2.45, 2.75) is 37.8 Å². The van der Waals surface area contributed by atoms with E-state index in [1.165, 1.54) is 0 Å². The number of aryl methyl sites for hydroxylation is 1. The molecule has 0 bridgehead atoms. The molecule has 1 fully saturated rings. The van der Waals surface area contributed by atoms with Crippen molar-refractivity contribution in [1.29, 1.82) is 0 Å². The Morgan fingerprint density at radius 2 is 1.96 bits per heavy atom. The maximum Gasteiger partial charge on any atom is 0.223 e. The van der Waals surface area contributed by atoms with Crippen molar-refractivity contribution in [2.24, 2.45) is 7.05 Å². The van der Waals surface area contributed by atoms with Crippen molar-refractivity contribution < 1.29 is 5.11 Å². The Labute approximate surface area is 140 Å². The van der Waals surface area contributed by atoms with Crippen LogP contribution in [-0.4, -0.2) is 36.8 Å². The maximum absolute atomic E-state index is 9.62. The van der Waals surface area contributed by atoms with E-state index in [0.29, 0.717) is 12.0 Å². The lowest BCUT2D eigenvalue weighted by molar-refractivity contribution is 0.126. The molecule has 4 rings (SSSR count). The molecular weight excluding hydrogens is 302 g/mol. The second-order valence-electron chi connectivity index (χ2n) is 6.44. The Hall–Kier alpha value is -2.47. The van der Waals surface area contributed by atoms with E-state index in [9.17, 15) is 5.11 Å². The third-order valence-electron chi connectivity index (χ3n) is 4.70. The van der Waals surface area contributed by atoms with Gasteiger partial charge in [0.25, 0.3) is 0 Å². The van der Waals surface area contributed by atoms with Gasteiger partial charge in [-0.05, 0) is 43.9 Å². The van der Waals surface area contributed by atoms with Crippen LogP contribution < -0.4 is 5.32 Å². The SMILES string of the molecule is Cn1cc(-c2ccnc(NC3CCC(O)CC3)n2)c2cccnc21. The predicted octanol–water partition coefficient (Wildman–Crippen LogP) is 2.75. The molecule has 0 spiro atoms. The van der Waals surface area contributed by atoms with Gasteiger partial charge in [0, 0.05) is 42.6 Å². The minimum Gasteiger partial charge on any atom is -0.393 e. The summed E-state index contributed by atoms with van der Waals surface area (Å²) in [6, 6.07) is 6.27. The molecule has 0 saturated heterocycles. The highest BCUT2D eigenvalue weighted by atomic mass is 16.3. The lowest BCUT2D eigenvalue weighted by Crippen LogP contribution is -2.28. The number of nitrogens with one attached hydrogen (secondary N) is 1. The fraction of sp³-hybridized carbons (Fsp3) is 0.389. The zero-order valence-electron chi connectivity index (χ0n) is 13.7. The summed E-state index contributed by atoms with van der Waals surface area (Å²) in [5, 5.41) is 14.1. The average molecular weight is 323 g/mol. The van der Waals surface area contributed by atoms with Crippen LogP contribution in [0, 0.1) is 0 Å². The average Bonchev–Trinajstić information content (AvgIpc) is 2.95. The third kappa shape index (κ3) is 2.85. The standard InChI is InChI=1S/C18H21N5O/c1-23-11-15(14-3-2-9-19-17(14)23)16-8-10-20-18(22-16)21-12-4-6-13(24)7-5-12/h2-3,8-13,24H,4-7H2,1H3,(H,20,21,22). The van der Waals surface area contributed by atoms with Crippen molar-refractivity contribution >= 4 is 17.0 Å². The molecule has 0 atom stereocenters. The minimum absolute atomic E-state index is 0.154. The summed E-state index contributed by atoms with van der Waals surface area (Å²) in [5.74, 6) is 0.648. The first kappa shape index (κ1) is 15.1. The van der Waals surface area contributed by atoms with Gasteiger partial charge < -0.3 is 15.0 Å². The summed E-state index contributed by atoms with van der Waals surface area (Å²) < 4.78 is 2.02. The molecule has 24 heavy (non-hydrogen) atoms. The van der Waals surface area contributed by atoms with Crippen molar-refractivity contribution in [3.05, 3.63) is 36.8 Å². The molecule has 6 nitrogen and oxygen atoms in total. The van der Waals surface area contributed by atoms with E-state index < -0.39 is 0 Å². The van der Waals surface area contributed by atoms with Crippen LogP contribution in [0.25, 0.3) is 22.3 Å². The Morgan fingerprint density at radius 3 is 2.79 bits per heavy atom. The number of pyridine rings is 1. The Morgan fingerprint density at radius 1 is 1.12 bits per heavy atom. The number of hydrogen-bond donors (Lipinski definition) is 2. The number of rotatable bonds is 3. The molecular formula is C18H21N5O. The molecule has 0 amide bonds. The molecule has 1 aliphatic rings. The number of hydrogen-bond acceptors (Lipinski definition) is 5. The summed E-state index contributed by atoms with van der Waals surface area (Å²) in [6.07, 6.45) is 9.08. The van der Waals surface area contributed by atoms with Crippen molar-refractivity contribution in [2.75, 3.05) is 5.32 Å². The smallest absolute Gasteiger partial charge is 0.223 e. The summed E-state index contributed by atoms with van der Waals surface area (Å²) in [5.41, 5.74) is 2.90. The summed E-state index contributed by atoms with van der Waals surface area (Å²) in [6.45, 7) is 0. The highest BCUT2D eigenvalue weighted by molar-refractivity contribution is 5.93. The highest BCUT2D eigenvalue weighted by Crippen LogP contribution is 2.28. The van der Waals surface area contributed by atoms with Crippen LogP contribution in [0.5, 0.6) is 0 Å². The molecule has 2 N–H and O–H groups in total. The van der Waals surface area contributed by atoms with E-state index in [4.69, 9.17) is 4.98 Å². The van der Waals surface area contributed by atoms with Crippen molar-refractivity contribution in [3.8, 4) is 11.3 Å². The van der Waals surface area contributed by atoms with E-state index in [0.717, 1.165) is 48.0 Å². The number of anilines is 1. The van der Waals surface area contributed by atoms with Gasteiger partial charge in [-0.2, -0.15) is 0 Å². The van der Waals surface area contributed by atoms with E-state index in [1.54, 1.807) is 12.4 Å². The number of aliphatic hydroxyl groups is 1. The van der Waals surface area contributed by atoms with E-state index in [2.05, 4.69) is 27.5 Å². The summed E-state index contributed by atoms with van der Waals surface area (Å²) in [7, 11) is 1.99. The van der Waals surface area contributed by atoms with E-state index in [-0.39, 0.29) is 6.10 Å².